The van der Waals surface area contributed by atoms with Gasteiger partial charge in [0.2, 0.25) is 0 Å². The molecule has 0 saturated carbocycles. The van der Waals surface area contributed by atoms with Gasteiger partial charge in [0.1, 0.15) is 11.3 Å². The van der Waals surface area contributed by atoms with E-state index in [0.29, 0.717) is 6.54 Å². The minimum absolute atomic E-state index is 0.0656. The molecule has 6 heteroatoms. The van der Waals surface area contributed by atoms with Crippen LogP contribution >= 0.6 is 11.3 Å². The molecule has 2 aliphatic heterocycles. The van der Waals surface area contributed by atoms with Crippen molar-refractivity contribution in [2.24, 2.45) is 0 Å². The van der Waals surface area contributed by atoms with Crippen LogP contribution < -0.4 is 15.0 Å². The zero-order chi connectivity index (χ0) is 13.0. The molecule has 4 rings (SSSR count). The number of nitrogens with zero attached hydrogens (tertiary/aromatic N) is 2. The largest absolute Gasteiger partial charge is 0.491 e. The number of carbonyl (C=O) groups is 1. The molecule has 1 atom stereocenters. The molecule has 1 unspecified atom stereocenters. The first-order valence-electron chi connectivity index (χ1n) is 6.35. The van der Waals surface area contributed by atoms with Crippen LogP contribution in [0.4, 0.5) is 9.93 Å². The van der Waals surface area contributed by atoms with Gasteiger partial charge in [0.05, 0.1) is 11.3 Å². The third-order valence-corrected chi connectivity index (χ3v) is 4.55. The summed E-state index contributed by atoms with van der Waals surface area (Å²) in [6.45, 7) is 3.39. The summed E-state index contributed by atoms with van der Waals surface area (Å²) in [7, 11) is 0. The zero-order valence-corrected chi connectivity index (χ0v) is 11.3. The molecule has 0 radical (unpaired) electrons. The second kappa shape index (κ2) is 3.84. The molecule has 1 N–H and O–H groups in total. The van der Waals surface area contributed by atoms with Gasteiger partial charge in [-0.1, -0.05) is 17.4 Å². The number of hydrogen-bond acceptors (Lipinski definition) is 4. The SMILES string of the molecule is CC1CN(c2nc3c4c(ccc3s2)CCO4)C(=O)N1. The molecule has 2 aliphatic rings. The standard InChI is InChI=1S/C13H13N3O2S/c1-7-6-16(12(17)14-7)13-15-10-9(19-13)3-2-8-4-5-18-11(8)10/h2-3,7H,4-6H2,1H3,(H,14,17). The average molecular weight is 275 g/mol. The van der Waals surface area contributed by atoms with Crippen molar-refractivity contribution in [3.8, 4) is 5.75 Å². The number of thiazole rings is 1. The number of ether oxygens (including phenoxy) is 1. The Bertz CT molecular complexity index is 682. The number of amides is 2. The summed E-state index contributed by atoms with van der Waals surface area (Å²) >= 11 is 1.54. The van der Waals surface area contributed by atoms with E-state index in [1.807, 2.05) is 6.92 Å². The molecule has 1 aromatic carbocycles. The lowest BCUT2D eigenvalue weighted by Crippen LogP contribution is -2.27. The Hall–Kier alpha value is -1.82. The van der Waals surface area contributed by atoms with Gasteiger partial charge in [-0.2, -0.15) is 0 Å². The molecule has 98 valence electrons. The molecule has 19 heavy (non-hydrogen) atoms. The zero-order valence-electron chi connectivity index (χ0n) is 10.5. The molecule has 0 spiro atoms. The van der Waals surface area contributed by atoms with Crippen molar-refractivity contribution >= 4 is 32.7 Å². The summed E-state index contributed by atoms with van der Waals surface area (Å²) in [5.74, 6) is 0.896. The van der Waals surface area contributed by atoms with Crippen LogP contribution in [0.25, 0.3) is 10.2 Å². The Kier molecular flexibility index (Phi) is 2.23. The lowest BCUT2D eigenvalue weighted by molar-refractivity contribution is 0.251. The van der Waals surface area contributed by atoms with Crippen molar-refractivity contribution in [3.05, 3.63) is 17.7 Å². The van der Waals surface area contributed by atoms with Gasteiger partial charge < -0.3 is 10.1 Å². The Morgan fingerprint density at radius 3 is 3.21 bits per heavy atom. The fourth-order valence-electron chi connectivity index (χ4n) is 2.59. The van der Waals surface area contributed by atoms with Crippen LogP contribution in [0.1, 0.15) is 12.5 Å². The van der Waals surface area contributed by atoms with E-state index in [0.717, 1.165) is 34.1 Å². The minimum atomic E-state index is -0.0656. The summed E-state index contributed by atoms with van der Waals surface area (Å²) in [5.41, 5.74) is 2.10. The summed E-state index contributed by atoms with van der Waals surface area (Å²) in [6.07, 6.45) is 0.944. The molecule has 1 aromatic heterocycles. The summed E-state index contributed by atoms with van der Waals surface area (Å²) in [6, 6.07) is 4.27. The summed E-state index contributed by atoms with van der Waals surface area (Å²) in [5, 5.41) is 3.64. The van der Waals surface area contributed by atoms with Gasteiger partial charge in [-0.15, -0.1) is 0 Å². The maximum atomic E-state index is 11.8. The van der Waals surface area contributed by atoms with Crippen LogP contribution in [-0.4, -0.2) is 30.2 Å². The minimum Gasteiger partial charge on any atom is -0.491 e. The first-order chi connectivity index (χ1) is 9.22. The lowest BCUT2D eigenvalue weighted by Gasteiger charge is -2.08. The van der Waals surface area contributed by atoms with Gasteiger partial charge in [0.15, 0.2) is 5.13 Å². The van der Waals surface area contributed by atoms with Crippen molar-refractivity contribution in [3.63, 3.8) is 0 Å². The van der Waals surface area contributed by atoms with E-state index in [1.165, 1.54) is 5.56 Å². The van der Waals surface area contributed by atoms with Gasteiger partial charge in [0, 0.05) is 19.0 Å². The number of benzene rings is 1. The maximum Gasteiger partial charge on any atom is 0.324 e. The highest BCUT2D eigenvalue weighted by Crippen LogP contribution is 2.39. The number of rotatable bonds is 1. The molecular formula is C13H13N3O2S. The smallest absolute Gasteiger partial charge is 0.324 e. The van der Waals surface area contributed by atoms with Crippen molar-refractivity contribution in [1.29, 1.82) is 0 Å². The molecule has 0 bridgehead atoms. The molecule has 3 heterocycles. The first kappa shape index (κ1) is 11.0. The molecule has 2 amide bonds. The molecule has 2 aromatic rings. The number of fused-ring (bicyclic) bond motifs is 3. The fraction of sp³-hybridized carbons (Fsp3) is 0.385. The van der Waals surface area contributed by atoms with E-state index >= 15 is 0 Å². The lowest BCUT2D eigenvalue weighted by atomic mass is 10.1. The number of hydrogen-bond donors (Lipinski definition) is 1. The van der Waals surface area contributed by atoms with Gasteiger partial charge in [-0.25, -0.2) is 9.78 Å². The molecular weight excluding hydrogens is 262 g/mol. The van der Waals surface area contributed by atoms with Crippen LogP contribution in [-0.2, 0) is 6.42 Å². The van der Waals surface area contributed by atoms with Gasteiger partial charge in [0.25, 0.3) is 0 Å². The van der Waals surface area contributed by atoms with Crippen LogP contribution in [0.5, 0.6) is 5.75 Å². The van der Waals surface area contributed by atoms with Crippen molar-refractivity contribution in [2.45, 2.75) is 19.4 Å². The topological polar surface area (TPSA) is 54.5 Å². The summed E-state index contributed by atoms with van der Waals surface area (Å²) < 4.78 is 6.73. The van der Waals surface area contributed by atoms with Crippen LogP contribution in [0.2, 0.25) is 0 Å². The maximum absolute atomic E-state index is 11.8. The normalized spacial score (nSPS) is 21.6. The van der Waals surface area contributed by atoms with Crippen molar-refractivity contribution in [2.75, 3.05) is 18.1 Å². The summed E-state index contributed by atoms with van der Waals surface area (Å²) in [4.78, 5) is 18.2. The number of anilines is 1. The van der Waals surface area contributed by atoms with Gasteiger partial charge in [-0.05, 0) is 18.6 Å². The highest BCUT2D eigenvalue weighted by Gasteiger charge is 2.30. The van der Waals surface area contributed by atoms with Gasteiger partial charge in [-0.3, -0.25) is 4.90 Å². The van der Waals surface area contributed by atoms with E-state index < -0.39 is 0 Å². The van der Waals surface area contributed by atoms with E-state index in [1.54, 1.807) is 16.2 Å². The Morgan fingerprint density at radius 1 is 1.53 bits per heavy atom. The highest BCUT2D eigenvalue weighted by molar-refractivity contribution is 7.22. The predicted octanol–water partition coefficient (Wildman–Crippen LogP) is 2.15. The van der Waals surface area contributed by atoms with E-state index in [9.17, 15) is 4.79 Å². The second-order valence-corrected chi connectivity index (χ2v) is 5.97. The van der Waals surface area contributed by atoms with Gasteiger partial charge >= 0.3 is 6.03 Å². The number of urea groups is 1. The van der Waals surface area contributed by atoms with Crippen LogP contribution in [0.3, 0.4) is 0 Å². The average Bonchev–Trinajstić information content (AvgIpc) is 3.05. The molecule has 1 fully saturated rings. The van der Waals surface area contributed by atoms with Crippen molar-refractivity contribution in [1.82, 2.24) is 10.3 Å². The Balaban J connectivity index is 1.82. The van der Waals surface area contributed by atoms with Crippen LogP contribution in [0, 0.1) is 0 Å². The second-order valence-electron chi connectivity index (χ2n) is 4.96. The molecule has 1 saturated heterocycles. The first-order valence-corrected chi connectivity index (χ1v) is 7.17. The van der Waals surface area contributed by atoms with Crippen molar-refractivity contribution < 1.29 is 9.53 Å². The number of carbonyl (C=O) groups excluding carboxylic acids is 1. The fourth-order valence-corrected chi connectivity index (χ4v) is 3.56. The van der Waals surface area contributed by atoms with E-state index in [2.05, 4.69) is 22.4 Å². The third-order valence-electron chi connectivity index (χ3n) is 3.50. The molecule has 5 nitrogen and oxygen atoms in total. The predicted molar refractivity (Wildman–Crippen MR) is 74.2 cm³/mol. The quantitative estimate of drug-likeness (QED) is 0.867. The van der Waals surface area contributed by atoms with Crippen LogP contribution in [0.15, 0.2) is 12.1 Å². The van der Waals surface area contributed by atoms with E-state index in [4.69, 9.17) is 4.74 Å². The molecule has 0 aliphatic carbocycles. The Morgan fingerprint density at radius 2 is 2.42 bits per heavy atom. The Labute approximate surface area is 114 Å². The van der Waals surface area contributed by atoms with E-state index in [-0.39, 0.29) is 12.1 Å². The third kappa shape index (κ3) is 1.59. The monoisotopic (exact) mass is 275 g/mol. The highest BCUT2D eigenvalue weighted by atomic mass is 32.1. The number of nitrogens with one attached hydrogen (secondary N) is 1. The number of aromatic nitrogens is 1.